The van der Waals surface area contributed by atoms with E-state index < -0.39 is 40.3 Å². The summed E-state index contributed by atoms with van der Waals surface area (Å²) in [5.41, 5.74) is -0.703. The zero-order chi connectivity index (χ0) is 22.9. The quantitative estimate of drug-likeness (QED) is 0.471. The van der Waals surface area contributed by atoms with Crippen LogP contribution < -0.4 is 10.2 Å². The molecule has 0 aliphatic carbocycles. The number of nitrogens with zero attached hydrogens (tertiary/aromatic N) is 1. The number of carbonyl (C=O) groups is 1. The van der Waals surface area contributed by atoms with E-state index in [-0.39, 0.29) is 16.9 Å². The lowest BCUT2D eigenvalue weighted by atomic mass is 9.79. The summed E-state index contributed by atoms with van der Waals surface area (Å²) in [5.74, 6) is -2.73. The molecule has 0 radical (unpaired) electrons. The molecule has 0 aromatic heterocycles. The molecule has 1 N–H and O–H groups in total. The largest absolute Gasteiger partial charge is 0.497 e. The van der Waals surface area contributed by atoms with Crippen molar-refractivity contribution in [3.63, 3.8) is 0 Å². The number of anilines is 1. The average Bonchev–Trinajstić information content (AvgIpc) is 2.88. The third-order valence-electron chi connectivity index (χ3n) is 5.41. The molecule has 1 aromatic rings. The summed E-state index contributed by atoms with van der Waals surface area (Å²) in [6.07, 6.45) is 0. The summed E-state index contributed by atoms with van der Waals surface area (Å²) in [4.78, 5) is 13.5. The second kappa shape index (κ2) is 9.03. The van der Waals surface area contributed by atoms with Gasteiger partial charge in [0.1, 0.15) is 11.4 Å². The van der Waals surface area contributed by atoms with Crippen molar-refractivity contribution in [3.05, 3.63) is 24.0 Å². The molecule has 9 nitrogen and oxygen atoms in total. The van der Waals surface area contributed by atoms with Gasteiger partial charge in [0.05, 0.1) is 24.7 Å². The number of rotatable bonds is 7. The van der Waals surface area contributed by atoms with E-state index >= 15 is 0 Å². The van der Waals surface area contributed by atoms with Gasteiger partial charge in [-0.1, -0.05) is 0 Å². The maximum absolute atomic E-state index is 14.3. The Morgan fingerprint density at radius 3 is 2.55 bits per heavy atom. The number of nitrogens with one attached hydrogen (secondary N) is 1. The van der Waals surface area contributed by atoms with E-state index in [1.807, 2.05) is 4.90 Å². The zero-order valence-electron chi connectivity index (χ0n) is 18.1. The number of ether oxygens (including phenoxy) is 2. The van der Waals surface area contributed by atoms with Gasteiger partial charge >= 0.3 is 13.1 Å². The van der Waals surface area contributed by atoms with Gasteiger partial charge in [0.25, 0.3) is 0 Å². The fourth-order valence-electron chi connectivity index (χ4n) is 3.41. The molecule has 1 unspecified atom stereocenters. The maximum atomic E-state index is 14.3. The third-order valence-corrected chi connectivity index (χ3v) is 6.68. The fraction of sp³-hybridized carbons (Fsp3) is 0.632. The Labute approximate surface area is 182 Å². The molecule has 2 fully saturated rings. The molecule has 0 saturated carbocycles. The van der Waals surface area contributed by atoms with Crippen molar-refractivity contribution in [3.8, 4) is 0 Å². The van der Waals surface area contributed by atoms with Crippen LogP contribution in [-0.4, -0.2) is 76.4 Å². The van der Waals surface area contributed by atoms with Gasteiger partial charge in [-0.05, 0) is 37.5 Å². The predicted octanol–water partition coefficient (Wildman–Crippen LogP) is 0.700. The van der Waals surface area contributed by atoms with E-state index in [0.29, 0.717) is 32.8 Å². The van der Waals surface area contributed by atoms with Crippen LogP contribution in [-0.2, 0) is 33.6 Å². The van der Waals surface area contributed by atoms with Crippen LogP contribution >= 0.6 is 0 Å². The predicted molar refractivity (Wildman–Crippen MR) is 113 cm³/mol. The summed E-state index contributed by atoms with van der Waals surface area (Å²) in [6.45, 7) is 9.03. The van der Waals surface area contributed by atoms with Gasteiger partial charge in [-0.3, -0.25) is 14.4 Å². The number of morpholine rings is 1. The SMILES string of the molecule is CC(=O)OC1(C)OB(c2cc(F)cc(NS(=O)(=O)CCN3CCOCC3)c2)OC1(C)C. The summed E-state index contributed by atoms with van der Waals surface area (Å²) in [6, 6.07) is 3.71. The Bertz CT molecular complexity index is 924. The first-order chi connectivity index (χ1) is 14.4. The molecule has 31 heavy (non-hydrogen) atoms. The summed E-state index contributed by atoms with van der Waals surface area (Å²) in [5, 5.41) is 0. The van der Waals surface area contributed by atoms with Crippen molar-refractivity contribution in [1.82, 2.24) is 4.90 Å². The first-order valence-corrected chi connectivity index (χ1v) is 11.7. The minimum atomic E-state index is -3.70. The number of hydrogen-bond acceptors (Lipinski definition) is 8. The van der Waals surface area contributed by atoms with Crippen LogP contribution in [0.4, 0.5) is 10.1 Å². The van der Waals surface area contributed by atoms with Crippen LogP contribution in [0, 0.1) is 5.82 Å². The Balaban J connectivity index is 1.72. The summed E-state index contributed by atoms with van der Waals surface area (Å²) >= 11 is 0. The van der Waals surface area contributed by atoms with E-state index in [1.165, 1.54) is 19.1 Å². The summed E-state index contributed by atoms with van der Waals surface area (Å²) < 4.78 is 63.9. The second-order valence-corrected chi connectivity index (χ2v) is 10.1. The van der Waals surface area contributed by atoms with Gasteiger partial charge in [0, 0.05) is 33.5 Å². The lowest BCUT2D eigenvalue weighted by Gasteiger charge is -2.34. The van der Waals surface area contributed by atoms with Crippen LogP contribution in [0.15, 0.2) is 18.2 Å². The number of sulfonamides is 1. The van der Waals surface area contributed by atoms with E-state index in [1.54, 1.807) is 20.8 Å². The van der Waals surface area contributed by atoms with E-state index in [0.717, 1.165) is 6.07 Å². The first kappa shape index (κ1) is 23.9. The Hall–Kier alpha value is -1.73. The van der Waals surface area contributed by atoms with Crippen LogP contribution in [0.5, 0.6) is 0 Å². The molecule has 2 saturated heterocycles. The average molecular weight is 458 g/mol. The number of carbonyl (C=O) groups excluding carboxylic acids is 1. The molecule has 1 atom stereocenters. The highest BCUT2D eigenvalue weighted by Crippen LogP contribution is 2.38. The number of esters is 1. The molecule has 3 rings (SSSR count). The van der Waals surface area contributed by atoms with Crippen LogP contribution in [0.1, 0.15) is 27.7 Å². The van der Waals surface area contributed by atoms with Crippen molar-refractivity contribution in [1.29, 1.82) is 0 Å². The highest BCUT2D eigenvalue weighted by Gasteiger charge is 2.57. The summed E-state index contributed by atoms with van der Waals surface area (Å²) in [7, 11) is -4.75. The topological polar surface area (TPSA) is 103 Å². The number of halogens is 1. The Morgan fingerprint density at radius 1 is 1.23 bits per heavy atom. The third kappa shape index (κ3) is 5.95. The number of benzene rings is 1. The van der Waals surface area contributed by atoms with E-state index in [2.05, 4.69) is 4.72 Å². The number of hydrogen-bond donors (Lipinski definition) is 1. The van der Waals surface area contributed by atoms with E-state index in [9.17, 15) is 17.6 Å². The van der Waals surface area contributed by atoms with Gasteiger partial charge < -0.3 is 18.8 Å². The van der Waals surface area contributed by atoms with Crippen molar-refractivity contribution in [2.45, 2.75) is 39.1 Å². The van der Waals surface area contributed by atoms with Crippen molar-refractivity contribution < 1.29 is 36.4 Å². The monoisotopic (exact) mass is 458 g/mol. The van der Waals surface area contributed by atoms with Gasteiger partial charge in [-0.2, -0.15) is 0 Å². The van der Waals surface area contributed by atoms with Gasteiger partial charge in [-0.15, -0.1) is 0 Å². The molecule has 0 spiro atoms. The fourth-order valence-corrected chi connectivity index (χ4v) is 4.49. The molecule has 12 heteroatoms. The molecule has 1 aromatic carbocycles. The normalized spacial score (nSPS) is 24.2. The van der Waals surface area contributed by atoms with Gasteiger partial charge in [0.2, 0.25) is 15.8 Å². The minimum absolute atomic E-state index is 0.0584. The molecule has 2 aliphatic rings. The molecule has 172 valence electrons. The molecular weight excluding hydrogens is 430 g/mol. The smallest absolute Gasteiger partial charge is 0.432 e. The molecule has 2 heterocycles. The van der Waals surface area contributed by atoms with Gasteiger partial charge in [-0.25, -0.2) is 12.8 Å². The highest BCUT2D eigenvalue weighted by atomic mass is 32.2. The zero-order valence-corrected chi connectivity index (χ0v) is 19.0. The van der Waals surface area contributed by atoms with Gasteiger partial charge in [0.15, 0.2) is 0 Å². The van der Waals surface area contributed by atoms with E-state index in [4.69, 9.17) is 18.8 Å². The van der Waals surface area contributed by atoms with Crippen molar-refractivity contribution in [2.24, 2.45) is 0 Å². The highest BCUT2D eigenvalue weighted by molar-refractivity contribution is 7.92. The lowest BCUT2D eigenvalue weighted by Crippen LogP contribution is -2.48. The van der Waals surface area contributed by atoms with Crippen LogP contribution in [0.3, 0.4) is 0 Å². The molecule has 2 aliphatic heterocycles. The second-order valence-electron chi connectivity index (χ2n) is 8.27. The molecule has 0 amide bonds. The van der Waals surface area contributed by atoms with Crippen molar-refractivity contribution in [2.75, 3.05) is 43.3 Å². The lowest BCUT2D eigenvalue weighted by molar-refractivity contribution is -0.215. The van der Waals surface area contributed by atoms with Crippen LogP contribution in [0.25, 0.3) is 0 Å². The van der Waals surface area contributed by atoms with Crippen molar-refractivity contribution >= 4 is 34.3 Å². The molecular formula is C19H28BFN2O7S. The Morgan fingerprint density at radius 2 is 1.90 bits per heavy atom. The standard InChI is InChI=1S/C19H28BFN2O7S/c1-14(24)28-19(4)18(2,3)29-20(30-19)15-11-16(21)13-17(12-15)22-31(25,26)10-7-23-5-8-27-9-6-23/h11-13,22H,5-10H2,1-4H3. The Kier molecular flexibility index (Phi) is 6.97. The molecule has 0 bridgehead atoms. The maximum Gasteiger partial charge on any atom is 0.497 e. The first-order valence-electron chi connectivity index (χ1n) is 10.1. The van der Waals surface area contributed by atoms with Crippen LogP contribution in [0.2, 0.25) is 0 Å². The minimum Gasteiger partial charge on any atom is -0.432 e.